The lowest BCUT2D eigenvalue weighted by atomic mass is 10.2. The summed E-state index contributed by atoms with van der Waals surface area (Å²) in [4.78, 5) is 4.65. The first-order valence-electron chi connectivity index (χ1n) is 6.49. The van der Waals surface area contributed by atoms with E-state index in [1.807, 2.05) is 0 Å². The minimum atomic E-state index is 0.996. The van der Waals surface area contributed by atoms with Crippen LogP contribution in [0.1, 0.15) is 12.8 Å². The van der Waals surface area contributed by atoms with Crippen LogP contribution in [0.5, 0.6) is 0 Å². The Hall–Kier alpha value is -1.22. The van der Waals surface area contributed by atoms with Crippen LogP contribution in [0.2, 0.25) is 0 Å². The van der Waals surface area contributed by atoms with Crippen molar-refractivity contribution < 1.29 is 0 Å². The van der Waals surface area contributed by atoms with Gasteiger partial charge in [-0.05, 0) is 51.2 Å². The lowest BCUT2D eigenvalue weighted by molar-refractivity contribution is 0.425. The van der Waals surface area contributed by atoms with Crippen molar-refractivity contribution in [3.05, 3.63) is 24.3 Å². The summed E-state index contributed by atoms with van der Waals surface area (Å²) >= 11 is 0. The molecule has 1 aromatic carbocycles. The molecule has 17 heavy (non-hydrogen) atoms. The topological polar surface area (TPSA) is 18.5 Å². The highest BCUT2D eigenvalue weighted by Crippen LogP contribution is 2.21. The van der Waals surface area contributed by atoms with E-state index in [9.17, 15) is 0 Å². The summed E-state index contributed by atoms with van der Waals surface area (Å²) in [5.74, 6) is 0. The van der Waals surface area contributed by atoms with Gasteiger partial charge in [0.05, 0.1) is 0 Å². The molecule has 3 heteroatoms. The zero-order valence-electron chi connectivity index (χ0n) is 10.9. The highest BCUT2D eigenvalue weighted by Gasteiger charge is 2.11. The van der Waals surface area contributed by atoms with E-state index in [0.29, 0.717) is 0 Å². The number of anilines is 2. The molecular weight excluding hydrogens is 210 g/mol. The second kappa shape index (κ2) is 5.92. The second-order valence-corrected chi connectivity index (χ2v) is 4.97. The Morgan fingerprint density at radius 1 is 1.12 bits per heavy atom. The van der Waals surface area contributed by atoms with Gasteiger partial charge in [-0.25, -0.2) is 0 Å². The number of nitrogens with one attached hydrogen (secondary N) is 1. The zero-order valence-corrected chi connectivity index (χ0v) is 10.9. The molecule has 1 aromatic rings. The van der Waals surface area contributed by atoms with E-state index in [2.05, 4.69) is 53.5 Å². The third-order valence-electron chi connectivity index (χ3n) is 3.23. The van der Waals surface area contributed by atoms with Crippen molar-refractivity contribution in [2.75, 3.05) is 50.5 Å². The molecule has 0 unspecified atom stereocenters. The van der Waals surface area contributed by atoms with Gasteiger partial charge in [-0.1, -0.05) is 0 Å². The van der Waals surface area contributed by atoms with E-state index in [4.69, 9.17) is 0 Å². The quantitative estimate of drug-likeness (QED) is 0.841. The fourth-order valence-corrected chi connectivity index (χ4v) is 2.19. The summed E-state index contributed by atoms with van der Waals surface area (Å²) in [6.07, 6.45) is 2.67. The molecule has 3 nitrogen and oxygen atoms in total. The zero-order chi connectivity index (χ0) is 12.1. The van der Waals surface area contributed by atoms with Crippen molar-refractivity contribution >= 4 is 11.4 Å². The predicted molar refractivity (Wildman–Crippen MR) is 74.9 cm³/mol. The predicted octanol–water partition coefficient (Wildman–Crippen LogP) is 2.26. The SMILES string of the molecule is CN(C)CCNc1ccc(N2CCCC2)cc1. The second-order valence-electron chi connectivity index (χ2n) is 4.97. The maximum absolute atomic E-state index is 3.43. The highest BCUT2D eigenvalue weighted by atomic mass is 15.1. The molecule has 0 atom stereocenters. The minimum Gasteiger partial charge on any atom is -0.384 e. The van der Waals surface area contributed by atoms with Gasteiger partial charge in [-0.2, -0.15) is 0 Å². The molecule has 1 fully saturated rings. The summed E-state index contributed by atoms with van der Waals surface area (Å²) in [5, 5.41) is 3.43. The van der Waals surface area contributed by atoms with Gasteiger partial charge in [0.2, 0.25) is 0 Å². The maximum Gasteiger partial charge on any atom is 0.0367 e. The smallest absolute Gasteiger partial charge is 0.0367 e. The molecule has 1 saturated heterocycles. The Kier molecular flexibility index (Phi) is 4.26. The minimum absolute atomic E-state index is 0.996. The lowest BCUT2D eigenvalue weighted by Crippen LogP contribution is -2.21. The Bertz CT molecular complexity index is 326. The lowest BCUT2D eigenvalue weighted by Gasteiger charge is -2.18. The van der Waals surface area contributed by atoms with E-state index in [1.54, 1.807) is 0 Å². The summed E-state index contributed by atoms with van der Waals surface area (Å²) in [7, 11) is 4.19. The Labute approximate surface area is 104 Å². The molecule has 1 N–H and O–H groups in total. The van der Waals surface area contributed by atoms with E-state index in [-0.39, 0.29) is 0 Å². The average molecular weight is 233 g/mol. The van der Waals surface area contributed by atoms with Gasteiger partial charge >= 0.3 is 0 Å². The summed E-state index contributed by atoms with van der Waals surface area (Å²) in [6, 6.07) is 8.82. The van der Waals surface area contributed by atoms with E-state index in [0.717, 1.165) is 13.1 Å². The number of hydrogen-bond donors (Lipinski definition) is 1. The van der Waals surface area contributed by atoms with Gasteiger partial charge in [0, 0.05) is 37.6 Å². The van der Waals surface area contributed by atoms with E-state index < -0.39 is 0 Å². The highest BCUT2D eigenvalue weighted by molar-refractivity contribution is 5.55. The van der Waals surface area contributed by atoms with Gasteiger partial charge in [-0.15, -0.1) is 0 Å². The van der Waals surface area contributed by atoms with Crippen molar-refractivity contribution in [1.29, 1.82) is 0 Å². The number of nitrogens with zero attached hydrogens (tertiary/aromatic N) is 2. The Balaban J connectivity index is 1.84. The molecule has 1 aliphatic heterocycles. The summed E-state index contributed by atoms with van der Waals surface area (Å²) in [6.45, 7) is 4.49. The molecule has 2 rings (SSSR count). The largest absolute Gasteiger partial charge is 0.384 e. The van der Waals surface area contributed by atoms with Crippen molar-refractivity contribution in [3.8, 4) is 0 Å². The third-order valence-corrected chi connectivity index (χ3v) is 3.23. The molecule has 0 amide bonds. The molecule has 0 aromatic heterocycles. The van der Waals surface area contributed by atoms with Crippen LogP contribution < -0.4 is 10.2 Å². The molecular formula is C14H23N3. The molecule has 1 aliphatic rings. The first-order valence-corrected chi connectivity index (χ1v) is 6.49. The van der Waals surface area contributed by atoms with Crippen LogP contribution in [0, 0.1) is 0 Å². The van der Waals surface area contributed by atoms with Crippen LogP contribution in [0.15, 0.2) is 24.3 Å². The molecule has 0 bridgehead atoms. The number of hydrogen-bond acceptors (Lipinski definition) is 3. The van der Waals surface area contributed by atoms with Gasteiger partial charge in [0.1, 0.15) is 0 Å². The van der Waals surface area contributed by atoms with Gasteiger partial charge in [0.15, 0.2) is 0 Å². The molecule has 94 valence electrons. The standard InChI is InChI=1S/C14H23N3/c1-16(2)12-9-15-13-5-7-14(8-6-13)17-10-3-4-11-17/h5-8,15H,3-4,9-12H2,1-2H3. The Morgan fingerprint density at radius 3 is 2.35 bits per heavy atom. The maximum atomic E-state index is 3.43. The fraction of sp³-hybridized carbons (Fsp3) is 0.571. The van der Waals surface area contributed by atoms with Crippen molar-refractivity contribution in [3.63, 3.8) is 0 Å². The van der Waals surface area contributed by atoms with Crippen LogP contribution in [-0.4, -0.2) is 45.2 Å². The molecule has 0 spiro atoms. The van der Waals surface area contributed by atoms with Crippen LogP contribution in [0.4, 0.5) is 11.4 Å². The average Bonchev–Trinajstić information content (AvgIpc) is 2.83. The third kappa shape index (κ3) is 3.63. The van der Waals surface area contributed by atoms with Crippen molar-refractivity contribution in [2.24, 2.45) is 0 Å². The fourth-order valence-electron chi connectivity index (χ4n) is 2.19. The van der Waals surface area contributed by atoms with Crippen LogP contribution in [-0.2, 0) is 0 Å². The molecule has 0 aliphatic carbocycles. The van der Waals surface area contributed by atoms with Gasteiger partial charge in [-0.3, -0.25) is 0 Å². The van der Waals surface area contributed by atoms with Gasteiger partial charge in [0.25, 0.3) is 0 Å². The van der Waals surface area contributed by atoms with E-state index >= 15 is 0 Å². The molecule has 0 radical (unpaired) electrons. The number of rotatable bonds is 5. The van der Waals surface area contributed by atoms with Gasteiger partial charge < -0.3 is 15.1 Å². The Morgan fingerprint density at radius 2 is 1.76 bits per heavy atom. The number of benzene rings is 1. The summed E-state index contributed by atoms with van der Waals surface area (Å²) < 4.78 is 0. The van der Waals surface area contributed by atoms with Crippen molar-refractivity contribution in [1.82, 2.24) is 4.90 Å². The molecule has 1 heterocycles. The normalized spacial score (nSPS) is 15.6. The van der Waals surface area contributed by atoms with Crippen LogP contribution >= 0.6 is 0 Å². The van der Waals surface area contributed by atoms with Crippen molar-refractivity contribution in [2.45, 2.75) is 12.8 Å². The summed E-state index contributed by atoms with van der Waals surface area (Å²) in [5.41, 5.74) is 2.58. The first kappa shape index (κ1) is 12.2. The molecule has 0 saturated carbocycles. The van der Waals surface area contributed by atoms with Crippen LogP contribution in [0.3, 0.4) is 0 Å². The number of likely N-dealkylation sites (N-methyl/N-ethyl adjacent to an activating group) is 1. The first-order chi connectivity index (χ1) is 8.25. The van der Waals surface area contributed by atoms with Crippen LogP contribution in [0.25, 0.3) is 0 Å². The van der Waals surface area contributed by atoms with E-state index in [1.165, 1.54) is 37.3 Å². The monoisotopic (exact) mass is 233 g/mol.